The van der Waals surface area contributed by atoms with Crippen LogP contribution in [0.4, 0.5) is 11.4 Å². The molecule has 0 aromatic heterocycles. The van der Waals surface area contributed by atoms with Crippen molar-refractivity contribution in [1.29, 1.82) is 0 Å². The first-order chi connectivity index (χ1) is 15.2. The van der Waals surface area contributed by atoms with Crippen molar-refractivity contribution in [2.75, 3.05) is 12.5 Å². The Labute approximate surface area is 193 Å². The SMILES string of the molecule is COc1cc(/C=N\Nc2ccc([N+](=O)[O-])cc2)cc(Br)c1OS(=O)(=O)c1ccc(C)cc1. The average molecular weight is 520 g/mol. The highest BCUT2D eigenvalue weighted by atomic mass is 79.9. The largest absolute Gasteiger partial charge is 0.493 e. The Morgan fingerprint density at radius 3 is 2.34 bits per heavy atom. The summed E-state index contributed by atoms with van der Waals surface area (Å²) in [5.41, 5.74) is 4.80. The standard InChI is InChI=1S/C21H18BrN3O6S/c1-14-3-9-18(10-4-14)32(28,29)31-21-19(22)11-15(12-20(21)30-2)13-23-24-16-5-7-17(8-6-16)25(26)27/h3-13,24H,1-2H3/b23-13-. The molecule has 0 radical (unpaired) electrons. The number of nitrogens with zero attached hydrogens (tertiary/aromatic N) is 2. The summed E-state index contributed by atoms with van der Waals surface area (Å²) in [5, 5.41) is 14.8. The molecule has 0 unspecified atom stereocenters. The fraction of sp³-hybridized carbons (Fsp3) is 0.0952. The first-order valence-corrected chi connectivity index (χ1v) is 11.3. The van der Waals surface area contributed by atoms with Crippen LogP contribution in [0.5, 0.6) is 11.5 Å². The third-order valence-corrected chi connectivity index (χ3v) is 6.06. The van der Waals surface area contributed by atoms with Gasteiger partial charge in [0.2, 0.25) is 0 Å². The van der Waals surface area contributed by atoms with E-state index in [-0.39, 0.29) is 22.1 Å². The molecule has 0 amide bonds. The zero-order valence-corrected chi connectivity index (χ0v) is 19.4. The lowest BCUT2D eigenvalue weighted by atomic mass is 10.2. The lowest BCUT2D eigenvalue weighted by Gasteiger charge is -2.13. The third-order valence-electron chi connectivity index (χ3n) is 4.24. The van der Waals surface area contributed by atoms with Gasteiger partial charge in [0.15, 0.2) is 11.5 Å². The van der Waals surface area contributed by atoms with Crippen molar-refractivity contribution < 1.29 is 22.3 Å². The summed E-state index contributed by atoms with van der Waals surface area (Å²) in [4.78, 5) is 10.2. The van der Waals surface area contributed by atoms with Gasteiger partial charge in [-0.3, -0.25) is 15.5 Å². The summed E-state index contributed by atoms with van der Waals surface area (Å²) < 4.78 is 36.3. The van der Waals surface area contributed by atoms with E-state index in [2.05, 4.69) is 26.5 Å². The monoisotopic (exact) mass is 519 g/mol. The minimum absolute atomic E-state index is 0.00792. The fourth-order valence-electron chi connectivity index (χ4n) is 2.60. The van der Waals surface area contributed by atoms with Crippen molar-refractivity contribution in [3.63, 3.8) is 0 Å². The number of hydrogen-bond acceptors (Lipinski definition) is 8. The molecule has 0 aliphatic heterocycles. The number of nitro benzene ring substituents is 1. The van der Waals surface area contributed by atoms with E-state index in [1.807, 2.05) is 6.92 Å². The van der Waals surface area contributed by atoms with Gasteiger partial charge in [-0.05, 0) is 64.8 Å². The van der Waals surface area contributed by atoms with Crippen molar-refractivity contribution in [2.45, 2.75) is 11.8 Å². The van der Waals surface area contributed by atoms with Crippen molar-refractivity contribution >= 4 is 43.6 Å². The molecule has 3 aromatic carbocycles. The number of halogens is 1. The number of hydrogen-bond donors (Lipinski definition) is 1. The van der Waals surface area contributed by atoms with Crippen LogP contribution >= 0.6 is 15.9 Å². The predicted octanol–water partition coefficient (Wildman–Crippen LogP) is 4.89. The van der Waals surface area contributed by atoms with Crippen molar-refractivity contribution in [3.8, 4) is 11.5 Å². The summed E-state index contributed by atoms with van der Waals surface area (Å²) in [5.74, 6) is 0.195. The molecule has 32 heavy (non-hydrogen) atoms. The van der Waals surface area contributed by atoms with Crippen LogP contribution in [0.1, 0.15) is 11.1 Å². The lowest BCUT2D eigenvalue weighted by molar-refractivity contribution is -0.384. The molecule has 0 spiro atoms. The molecule has 0 fully saturated rings. The minimum atomic E-state index is -4.06. The van der Waals surface area contributed by atoms with Crippen LogP contribution in [0, 0.1) is 17.0 Å². The van der Waals surface area contributed by atoms with Crippen LogP contribution in [0.2, 0.25) is 0 Å². The molecule has 0 atom stereocenters. The van der Waals surface area contributed by atoms with E-state index in [9.17, 15) is 18.5 Å². The van der Waals surface area contributed by atoms with E-state index >= 15 is 0 Å². The second-order valence-corrected chi connectivity index (χ2v) is 8.96. The molecule has 0 saturated heterocycles. The molecule has 3 rings (SSSR count). The van der Waals surface area contributed by atoms with E-state index in [0.717, 1.165) is 5.56 Å². The zero-order chi connectivity index (χ0) is 23.3. The quantitative estimate of drug-likeness (QED) is 0.194. The second-order valence-electron chi connectivity index (χ2n) is 6.56. The van der Waals surface area contributed by atoms with Crippen molar-refractivity contribution in [3.05, 3.63) is 86.4 Å². The number of anilines is 1. The molecule has 0 heterocycles. The molecule has 0 aliphatic carbocycles. The van der Waals surface area contributed by atoms with E-state index in [1.54, 1.807) is 24.3 Å². The topological polar surface area (TPSA) is 120 Å². The first-order valence-electron chi connectivity index (χ1n) is 9.12. The summed E-state index contributed by atoms with van der Waals surface area (Å²) in [7, 11) is -2.67. The van der Waals surface area contributed by atoms with Gasteiger partial charge in [-0.25, -0.2) is 0 Å². The van der Waals surface area contributed by atoms with Gasteiger partial charge >= 0.3 is 10.1 Å². The predicted molar refractivity (Wildman–Crippen MR) is 124 cm³/mol. The Bertz CT molecular complexity index is 1260. The number of rotatable bonds is 8. The number of hydrazone groups is 1. The van der Waals surface area contributed by atoms with Crippen LogP contribution < -0.4 is 14.3 Å². The highest BCUT2D eigenvalue weighted by Crippen LogP contribution is 2.38. The van der Waals surface area contributed by atoms with Crippen molar-refractivity contribution in [2.24, 2.45) is 5.10 Å². The second kappa shape index (κ2) is 9.79. The number of nitrogens with one attached hydrogen (secondary N) is 1. The van der Waals surface area contributed by atoms with Crippen LogP contribution in [0.25, 0.3) is 0 Å². The van der Waals surface area contributed by atoms with Crippen LogP contribution in [-0.2, 0) is 10.1 Å². The normalized spacial score (nSPS) is 11.3. The molecule has 0 bridgehead atoms. The maximum absolute atomic E-state index is 12.6. The van der Waals surface area contributed by atoms with E-state index in [0.29, 0.717) is 15.7 Å². The Kier molecular flexibility index (Phi) is 7.11. The average Bonchev–Trinajstić information content (AvgIpc) is 2.76. The Balaban J connectivity index is 1.79. The molecule has 0 aliphatic rings. The van der Waals surface area contributed by atoms with Crippen LogP contribution in [0.15, 0.2) is 75.1 Å². The summed E-state index contributed by atoms with van der Waals surface area (Å²) in [6.45, 7) is 1.85. The third kappa shape index (κ3) is 5.62. The molecule has 9 nitrogen and oxygen atoms in total. The maximum atomic E-state index is 12.6. The van der Waals surface area contributed by atoms with Crippen molar-refractivity contribution in [1.82, 2.24) is 0 Å². The molecular weight excluding hydrogens is 502 g/mol. The van der Waals surface area contributed by atoms with E-state index in [1.165, 1.54) is 49.7 Å². The number of methoxy groups -OCH3 is 1. The summed E-state index contributed by atoms with van der Waals surface area (Å²) in [6, 6.07) is 15.2. The molecular formula is C21H18BrN3O6S. The Hall–Kier alpha value is -3.44. The molecule has 166 valence electrons. The Morgan fingerprint density at radius 2 is 1.75 bits per heavy atom. The molecule has 11 heteroatoms. The smallest absolute Gasteiger partial charge is 0.339 e. The van der Waals surface area contributed by atoms with Gasteiger partial charge < -0.3 is 8.92 Å². The molecule has 3 aromatic rings. The maximum Gasteiger partial charge on any atom is 0.339 e. The number of aryl methyl sites for hydroxylation is 1. The first kappa shape index (κ1) is 23.2. The summed E-state index contributed by atoms with van der Waals surface area (Å²) in [6.07, 6.45) is 1.48. The van der Waals surface area contributed by atoms with Gasteiger partial charge in [0.05, 0.1) is 28.4 Å². The minimum Gasteiger partial charge on any atom is -0.493 e. The number of non-ortho nitro benzene ring substituents is 1. The Morgan fingerprint density at radius 1 is 1.09 bits per heavy atom. The fourth-order valence-corrected chi connectivity index (χ4v) is 4.20. The molecule has 1 N–H and O–H groups in total. The van der Waals surface area contributed by atoms with Gasteiger partial charge in [-0.15, -0.1) is 0 Å². The number of benzene rings is 3. The van der Waals surface area contributed by atoms with Gasteiger partial charge in [-0.2, -0.15) is 13.5 Å². The van der Waals surface area contributed by atoms with Gasteiger partial charge in [0, 0.05) is 12.1 Å². The highest BCUT2D eigenvalue weighted by molar-refractivity contribution is 9.10. The van der Waals surface area contributed by atoms with Gasteiger partial charge in [0.25, 0.3) is 5.69 Å². The van der Waals surface area contributed by atoms with Crippen LogP contribution in [0.3, 0.4) is 0 Å². The van der Waals surface area contributed by atoms with Gasteiger partial charge in [0.1, 0.15) is 4.90 Å². The zero-order valence-electron chi connectivity index (χ0n) is 17.0. The summed E-state index contributed by atoms with van der Waals surface area (Å²) >= 11 is 3.32. The van der Waals surface area contributed by atoms with E-state index in [4.69, 9.17) is 8.92 Å². The van der Waals surface area contributed by atoms with E-state index < -0.39 is 15.0 Å². The van der Waals surface area contributed by atoms with Gasteiger partial charge in [-0.1, -0.05) is 17.7 Å². The van der Waals surface area contributed by atoms with Crippen LogP contribution in [-0.4, -0.2) is 26.7 Å². The lowest BCUT2D eigenvalue weighted by Crippen LogP contribution is -2.11. The number of nitro groups is 1. The molecule has 0 saturated carbocycles. The number of ether oxygens (including phenoxy) is 1. The highest BCUT2D eigenvalue weighted by Gasteiger charge is 2.21.